The molecule has 1 fully saturated rings. The number of rotatable bonds is 5. The predicted octanol–water partition coefficient (Wildman–Crippen LogP) is 3.31. The van der Waals surface area contributed by atoms with Crippen molar-refractivity contribution in [2.45, 2.75) is 25.5 Å². The van der Waals surface area contributed by atoms with Crippen molar-refractivity contribution in [3.05, 3.63) is 65.5 Å². The van der Waals surface area contributed by atoms with E-state index in [2.05, 4.69) is 10.6 Å². The minimum Gasteiger partial charge on any atom is -0.489 e. The van der Waals surface area contributed by atoms with Crippen molar-refractivity contribution in [2.75, 3.05) is 13.1 Å². The summed E-state index contributed by atoms with van der Waals surface area (Å²) in [6.07, 6.45) is 2.08. The van der Waals surface area contributed by atoms with Crippen molar-refractivity contribution >= 4 is 18.3 Å². The number of halogens is 2. The van der Waals surface area contributed by atoms with Crippen molar-refractivity contribution in [2.24, 2.45) is 0 Å². The van der Waals surface area contributed by atoms with Gasteiger partial charge in [0.15, 0.2) is 0 Å². The number of hydrogen-bond donors (Lipinski definition) is 2. The Bertz CT molecular complexity index is 705. The van der Waals surface area contributed by atoms with Crippen LogP contribution in [0.2, 0.25) is 0 Å². The van der Waals surface area contributed by atoms with E-state index in [1.807, 2.05) is 18.2 Å². The zero-order valence-corrected chi connectivity index (χ0v) is 14.7. The van der Waals surface area contributed by atoms with E-state index in [0.29, 0.717) is 11.3 Å². The number of hydrogen-bond acceptors (Lipinski definition) is 3. The number of amides is 1. The van der Waals surface area contributed by atoms with E-state index >= 15 is 0 Å². The number of carbonyl (C=O) groups is 1. The first-order valence-electron chi connectivity index (χ1n) is 8.19. The molecule has 1 atom stereocenters. The molecule has 0 aromatic heterocycles. The summed E-state index contributed by atoms with van der Waals surface area (Å²) >= 11 is 0. The monoisotopic (exact) mass is 364 g/mol. The number of benzene rings is 2. The standard InChI is InChI=1S/C19H21FN2O2.ClH/c20-16-6-2-8-18(11-16)24-13-14-4-1-5-15(10-14)19(23)22-17-7-3-9-21-12-17;/h1-2,4-6,8,10-11,17,21H,3,7,9,12-13H2,(H,22,23);1H/t17-;/m0./s1. The molecule has 0 aliphatic carbocycles. The zero-order valence-electron chi connectivity index (χ0n) is 13.8. The number of carbonyl (C=O) groups excluding carboxylic acids is 1. The van der Waals surface area contributed by atoms with Gasteiger partial charge >= 0.3 is 0 Å². The lowest BCUT2D eigenvalue weighted by Crippen LogP contribution is -2.45. The largest absolute Gasteiger partial charge is 0.489 e. The molecule has 3 rings (SSSR count). The molecule has 1 heterocycles. The Kier molecular flexibility index (Phi) is 7.22. The van der Waals surface area contributed by atoms with Crippen molar-refractivity contribution in [1.29, 1.82) is 0 Å². The summed E-state index contributed by atoms with van der Waals surface area (Å²) in [5, 5.41) is 6.33. The number of nitrogens with one attached hydrogen (secondary N) is 2. The van der Waals surface area contributed by atoms with Crippen molar-refractivity contribution in [1.82, 2.24) is 10.6 Å². The average molecular weight is 365 g/mol. The molecule has 0 unspecified atom stereocenters. The van der Waals surface area contributed by atoms with Crippen LogP contribution in [0.5, 0.6) is 5.75 Å². The van der Waals surface area contributed by atoms with Gasteiger partial charge in [-0.25, -0.2) is 4.39 Å². The molecule has 0 radical (unpaired) electrons. The van der Waals surface area contributed by atoms with E-state index < -0.39 is 0 Å². The van der Waals surface area contributed by atoms with Crippen LogP contribution in [-0.4, -0.2) is 25.0 Å². The minimum atomic E-state index is -0.332. The molecular formula is C19H22ClFN2O2. The predicted molar refractivity (Wildman–Crippen MR) is 97.8 cm³/mol. The van der Waals surface area contributed by atoms with Crippen molar-refractivity contribution < 1.29 is 13.9 Å². The summed E-state index contributed by atoms with van der Waals surface area (Å²) in [6, 6.07) is 13.5. The normalized spacial score (nSPS) is 16.6. The summed E-state index contributed by atoms with van der Waals surface area (Å²) in [7, 11) is 0. The van der Waals surface area contributed by atoms with Crippen LogP contribution in [0.1, 0.15) is 28.8 Å². The van der Waals surface area contributed by atoms with Gasteiger partial charge in [0.25, 0.3) is 5.91 Å². The van der Waals surface area contributed by atoms with Crippen molar-refractivity contribution in [3.63, 3.8) is 0 Å². The summed E-state index contributed by atoms with van der Waals surface area (Å²) < 4.78 is 18.7. The molecule has 0 spiro atoms. The fraction of sp³-hybridized carbons (Fsp3) is 0.316. The number of ether oxygens (including phenoxy) is 1. The van der Waals surface area contributed by atoms with Gasteiger partial charge in [-0.3, -0.25) is 4.79 Å². The SMILES string of the molecule is Cl.O=C(N[C@H]1CCCNC1)c1cccc(COc2cccc(F)c2)c1. The van der Waals surface area contributed by atoms with E-state index in [9.17, 15) is 9.18 Å². The highest BCUT2D eigenvalue weighted by atomic mass is 35.5. The lowest BCUT2D eigenvalue weighted by molar-refractivity contribution is 0.0930. The first kappa shape index (κ1) is 19.2. The van der Waals surface area contributed by atoms with Gasteiger partial charge < -0.3 is 15.4 Å². The molecule has 6 heteroatoms. The summed E-state index contributed by atoms with van der Waals surface area (Å²) in [5.74, 6) is 0.0659. The highest BCUT2D eigenvalue weighted by Gasteiger charge is 2.16. The first-order chi connectivity index (χ1) is 11.7. The Morgan fingerprint density at radius 1 is 1.24 bits per heavy atom. The smallest absolute Gasteiger partial charge is 0.251 e. The minimum absolute atomic E-state index is 0. The molecule has 2 N–H and O–H groups in total. The van der Waals surface area contributed by atoms with E-state index in [1.165, 1.54) is 12.1 Å². The van der Waals surface area contributed by atoms with Crippen LogP contribution in [0.3, 0.4) is 0 Å². The second kappa shape index (κ2) is 9.39. The average Bonchev–Trinajstić information content (AvgIpc) is 2.61. The quantitative estimate of drug-likeness (QED) is 0.855. The van der Waals surface area contributed by atoms with Gasteiger partial charge in [-0.15, -0.1) is 12.4 Å². The summed E-state index contributed by atoms with van der Waals surface area (Å²) in [6.45, 7) is 2.11. The van der Waals surface area contributed by atoms with Gasteiger partial charge in [-0.05, 0) is 49.2 Å². The van der Waals surface area contributed by atoms with E-state index in [4.69, 9.17) is 4.74 Å². The molecule has 2 aromatic carbocycles. The maximum atomic E-state index is 13.1. The van der Waals surface area contributed by atoms with Crippen LogP contribution < -0.4 is 15.4 Å². The number of piperidine rings is 1. The molecule has 2 aromatic rings. The Balaban J connectivity index is 0.00000225. The summed E-state index contributed by atoms with van der Waals surface area (Å²) in [5.41, 5.74) is 1.48. The molecule has 25 heavy (non-hydrogen) atoms. The lowest BCUT2D eigenvalue weighted by Gasteiger charge is -2.23. The van der Waals surface area contributed by atoms with Gasteiger partial charge in [-0.1, -0.05) is 18.2 Å². The van der Waals surface area contributed by atoms with E-state index in [-0.39, 0.29) is 36.8 Å². The fourth-order valence-corrected chi connectivity index (χ4v) is 2.77. The van der Waals surface area contributed by atoms with Gasteiger partial charge in [0.05, 0.1) is 0 Å². The molecular weight excluding hydrogens is 343 g/mol. The third kappa shape index (κ3) is 5.73. The van der Waals surface area contributed by atoms with Crippen LogP contribution in [0.25, 0.3) is 0 Å². The Morgan fingerprint density at radius 2 is 2.08 bits per heavy atom. The van der Waals surface area contributed by atoms with Crippen molar-refractivity contribution in [3.8, 4) is 5.75 Å². The molecule has 1 aliphatic rings. The molecule has 0 bridgehead atoms. The van der Waals surface area contributed by atoms with E-state index in [0.717, 1.165) is 31.5 Å². The van der Waals surface area contributed by atoms with Crippen LogP contribution in [0.15, 0.2) is 48.5 Å². The first-order valence-corrected chi connectivity index (χ1v) is 8.19. The van der Waals surface area contributed by atoms with Gasteiger partial charge in [0, 0.05) is 24.2 Å². The van der Waals surface area contributed by atoms with Crippen LogP contribution in [0, 0.1) is 5.82 Å². The van der Waals surface area contributed by atoms with Crippen LogP contribution in [0.4, 0.5) is 4.39 Å². The van der Waals surface area contributed by atoms with Gasteiger partial charge in [0.2, 0.25) is 0 Å². The summed E-state index contributed by atoms with van der Waals surface area (Å²) in [4.78, 5) is 12.4. The third-order valence-electron chi connectivity index (χ3n) is 4.02. The van der Waals surface area contributed by atoms with Crippen LogP contribution in [-0.2, 0) is 6.61 Å². The molecule has 0 saturated carbocycles. The maximum Gasteiger partial charge on any atom is 0.251 e. The fourth-order valence-electron chi connectivity index (χ4n) is 2.77. The van der Waals surface area contributed by atoms with Gasteiger partial charge in [-0.2, -0.15) is 0 Å². The Morgan fingerprint density at radius 3 is 2.84 bits per heavy atom. The maximum absolute atomic E-state index is 13.1. The third-order valence-corrected chi connectivity index (χ3v) is 4.02. The molecule has 4 nitrogen and oxygen atoms in total. The molecule has 1 aliphatic heterocycles. The zero-order chi connectivity index (χ0) is 16.8. The van der Waals surface area contributed by atoms with Crippen LogP contribution >= 0.6 is 12.4 Å². The highest BCUT2D eigenvalue weighted by molar-refractivity contribution is 5.94. The highest BCUT2D eigenvalue weighted by Crippen LogP contribution is 2.15. The molecule has 134 valence electrons. The molecule has 1 amide bonds. The lowest BCUT2D eigenvalue weighted by atomic mass is 10.1. The second-order valence-electron chi connectivity index (χ2n) is 5.96. The Labute approximate surface area is 153 Å². The van der Waals surface area contributed by atoms with Gasteiger partial charge in [0.1, 0.15) is 18.2 Å². The topological polar surface area (TPSA) is 50.4 Å². The molecule has 1 saturated heterocycles. The Hall–Kier alpha value is -2.11. The second-order valence-corrected chi connectivity index (χ2v) is 5.96. The van der Waals surface area contributed by atoms with E-state index in [1.54, 1.807) is 18.2 Å².